The SMILES string of the molecule is Cc1cccc(OCCC(=O)OCC(=O)Nc2ccccc2OC(F)F)c1. The summed E-state index contributed by atoms with van der Waals surface area (Å²) < 4.78 is 39.2. The summed E-state index contributed by atoms with van der Waals surface area (Å²) in [6.45, 7) is -1.54. The number of ether oxygens (including phenoxy) is 3. The van der Waals surface area contributed by atoms with E-state index in [0.717, 1.165) is 5.56 Å². The van der Waals surface area contributed by atoms with Gasteiger partial charge in [0.25, 0.3) is 5.91 Å². The van der Waals surface area contributed by atoms with E-state index in [1.807, 2.05) is 25.1 Å². The molecule has 0 bridgehead atoms. The number of anilines is 1. The van der Waals surface area contributed by atoms with Crippen molar-refractivity contribution in [1.82, 2.24) is 0 Å². The zero-order valence-corrected chi connectivity index (χ0v) is 14.6. The van der Waals surface area contributed by atoms with Crippen molar-refractivity contribution < 1.29 is 32.6 Å². The van der Waals surface area contributed by atoms with Crippen LogP contribution in [0.4, 0.5) is 14.5 Å². The highest BCUT2D eigenvalue weighted by atomic mass is 19.3. The third-order valence-corrected chi connectivity index (χ3v) is 3.31. The Hall–Kier alpha value is -3.16. The molecule has 8 heteroatoms. The average Bonchev–Trinajstić information content (AvgIpc) is 2.61. The molecule has 0 radical (unpaired) electrons. The van der Waals surface area contributed by atoms with Gasteiger partial charge in [0.15, 0.2) is 6.61 Å². The fourth-order valence-corrected chi connectivity index (χ4v) is 2.13. The molecule has 0 saturated heterocycles. The van der Waals surface area contributed by atoms with E-state index in [0.29, 0.717) is 5.75 Å². The Balaban J connectivity index is 1.73. The van der Waals surface area contributed by atoms with E-state index in [4.69, 9.17) is 9.47 Å². The molecule has 144 valence electrons. The van der Waals surface area contributed by atoms with Crippen molar-refractivity contribution in [2.75, 3.05) is 18.5 Å². The molecular formula is C19H19F2NO5. The van der Waals surface area contributed by atoms with Crippen LogP contribution in [0, 0.1) is 6.92 Å². The van der Waals surface area contributed by atoms with Crippen molar-refractivity contribution in [3.8, 4) is 11.5 Å². The minimum atomic E-state index is -3.02. The number of nitrogens with one attached hydrogen (secondary N) is 1. The number of para-hydroxylation sites is 2. The third kappa shape index (κ3) is 7.31. The van der Waals surface area contributed by atoms with E-state index < -0.39 is 25.1 Å². The maximum atomic E-state index is 12.3. The second kappa shape index (κ2) is 10.1. The van der Waals surface area contributed by atoms with Gasteiger partial charge in [-0.25, -0.2) is 0 Å². The minimum Gasteiger partial charge on any atom is -0.493 e. The lowest BCUT2D eigenvalue weighted by molar-refractivity contribution is -0.147. The van der Waals surface area contributed by atoms with Crippen molar-refractivity contribution in [2.24, 2.45) is 0 Å². The normalized spacial score (nSPS) is 10.4. The van der Waals surface area contributed by atoms with Gasteiger partial charge in [-0.1, -0.05) is 24.3 Å². The quantitative estimate of drug-likeness (QED) is 0.675. The second-order valence-corrected chi connectivity index (χ2v) is 5.50. The number of rotatable bonds is 9. The number of amides is 1. The Morgan fingerprint density at radius 1 is 1.11 bits per heavy atom. The summed E-state index contributed by atoms with van der Waals surface area (Å²) in [5.41, 5.74) is 1.09. The summed E-state index contributed by atoms with van der Waals surface area (Å²) >= 11 is 0. The lowest BCUT2D eigenvalue weighted by Gasteiger charge is -2.12. The van der Waals surface area contributed by atoms with Gasteiger partial charge in [-0.2, -0.15) is 8.78 Å². The van der Waals surface area contributed by atoms with Gasteiger partial charge in [0.2, 0.25) is 0 Å². The number of benzene rings is 2. The lowest BCUT2D eigenvalue weighted by Crippen LogP contribution is -2.22. The van der Waals surface area contributed by atoms with Gasteiger partial charge in [0, 0.05) is 0 Å². The van der Waals surface area contributed by atoms with Crippen LogP contribution in [-0.2, 0) is 14.3 Å². The number of hydrogen-bond acceptors (Lipinski definition) is 5. The van der Waals surface area contributed by atoms with Gasteiger partial charge in [0.05, 0.1) is 18.7 Å². The molecule has 0 aliphatic carbocycles. The van der Waals surface area contributed by atoms with Gasteiger partial charge in [-0.05, 0) is 36.8 Å². The predicted molar refractivity (Wildman–Crippen MR) is 94.0 cm³/mol. The fourth-order valence-electron chi connectivity index (χ4n) is 2.13. The van der Waals surface area contributed by atoms with Crippen LogP contribution in [0.5, 0.6) is 11.5 Å². The van der Waals surface area contributed by atoms with Crippen LogP contribution in [0.25, 0.3) is 0 Å². The highest BCUT2D eigenvalue weighted by Crippen LogP contribution is 2.25. The number of hydrogen-bond donors (Lipinski definition) is 1. The molecule has 1 amide bonds. The predicted octanol–water partition coefficient (Wildman–Crippen LogP) is 3.55. The van der Waals surface area contributed by atoms with E-state index in [1.165, 1.54) is 18.2 Å². The summed E-state index contributed by atoms with van der Waals surface area (Å²) in [7, 11) is 0. The number of carbonyl (C=O) groups excluding carboxylic acids is 2. The minimum absolute atomic E-state index is 0.0354. The number of carbonyl (C=O) groups is 2. The molecule has 0 aliphatic rings. The summed E-state index contributed by atoms with van der Waals surface area (Å²) in [6, 6.07) is 13.1. The standard InChI is InChI=1S/C19H19F2NO5/c1-13-5-4-6-14(11-13)25-10-9-18(24)26-12-17(23)22-15-7-2-3-8-16(15)27-19(20)21/h2-8,11,19H,9-10,12H2,1H3,(H,22,23). The Morgan fingerprint density at radius 2 is 1.89 bits per heavy atom. The van der Waals surface area contributed by atoms with Gasteiger partial charge in [-0.3, -0.25) is 9.59 Å². The summed E-state index contributed by atoms with van der Waals surface area (Å²) in [5, 5.41) is 2.35. The molecule has 0 saturated carbocycles. The Bertz CT molecular complexity index is 782. The van der Waals surface area contributed by atoms with Crippen LogP contribution < -0.4 is 14.8 Å². The van der Waals surface area contributed by atoms with Gasteiger partial charge < -0.3 is 19.5 Å². The first-order valence-corrected chi connectivity index (χ1v) is 8.13. The van der Waals surface area contributed by atoms with Crippen molar-refractivity contribution in [1.29, 1.82) is 0 Å². The molecule has 0 aliphatic heterocycles. The first-order valence-electron chi connectivity index (χ1n) is 8.13. The van der Waals surface area contributed by atoms with Crippen LogP contribution in [0.3, 0.4) is 0 Å². The number of alkyl halides is 2. The summed E-state index contributed by atoms with van der Waals surface area (Å²) in [4.78, 5) is 23.5. The summed E-state index contributed by atoms with van der Waals surface area (Å²) in [6.07, 6.45) is -0.0354. The van der Waals surface area contributed by atoms with E-state index in [-0.39, 0.29) is 24.5 Å². The van der Waals surface area contributed by atoms with E-state index in [2.05, 4.69) is 10.1 Å². The monoisotopic (exact) mass is 379 g/mol. The van der Waals surface area contributed by atoms with E-state index >= 15 is 0 Å². The van der Waals surface area contributed by atoms with Crippen molar-refractivity contribution in [2.45, 2.75) is 20.0 Å². The molecule has 1 N–H and O–H groups in total. The first-order chi connectivity index (χ1) is 12.9. The smallest absolute Gasteiger partial charge is 0.387 e. The zero-order chi connectivity index (χ0) is 19.6. The average molecular weight is 379 g/mol. The maximum absolute atomic E-state index is 12.3. The second-order valence-electron chi connectivity index (χ2n) is 5.50. The molecular weight excluding hydrogens is 360 g/mol. The molecule has 6 nitrogen and oxygen atoms in total. The number of esters is 1. The van der Waals surface area contributed by atoms with Crippen LogP contribution in [0.15, 0.2) is 48.5 Å². The Labute approximate surface area is 155 Å². The van der Waals surface area contributed by atoms with Crippen molar-refractivity contribution >= 4 is 17.6 Å². The molecule has 0 spiro atoms. The number of aryl methyl sites for hydroxylation is 1. The lowest BCUT2D eigenvalue weighted by atomic mass is 10.2. The first kappa shape index (κ1) is 20.2. The van der Waals surface area contributed by atoms with Crippen LogP contribution in [0.1, 0.15) is 12.0 Å². The maximum Gasteiger partial charge on any atom is 0.387 e. The molecule has 0 fully saturated rings. The van der Waals surface area contributed by atoms with Gasteiger partial charge in [-0.15, -0.1) is 0 Å². The third-order valence-electron chi connectivity index (χ3n) is 3.31. The molecule has 0 atom stereocenters. The van der Waals surface area contributed by atoms with Crippen LogP contribution >= 0.6 is 0 Å². The topological polar surface area (TPSA) is 73.9 Å². The Morgan fingerprint density at radius 3 is 2.63 bits per heavy atom. The highest BCUT2D eigenvalue weighted by Gasteiger charge is 2.13. The van der Waals surface area contributed by atoms with E-state index in [1.54, 1.807) is 12.1 Å². The fraction of sp³-hybridized carbons (Fsp3) is 0.263. The highest BCUT2D eigenvalue weighted by molar-refractivity contribution is 5.94. The number of halogens is 2. The molecule has 2 rings (SSSR count). The summed E-state index contributed by atoms with van der Waals surface area (Å²) in [5.74, 6) is -0.835. The molecule has 0 unspecified atom stereocenters. The Kier molecular flexibility index (Phi) is 7.54. The van der Waals surface area contributed by atoms with Crippen LogP contribution in [-0.4, -0.2) is 31.7 Å². The molecule has 0 aromatic heterocycles. The van der Waals surface area contributed by atoms with E-state index in [9.17, 15) is 18.4 Å². The van der Waals surface area contributed by atoms with Crippen molar-refractivity contribution in [3.05, 3.63) is 54.1 Å². The zero-order valence-electron chi connectivity index (χ0n) is 14.6. The van der Waals surface area contributed by atoms with Gasteiger partial charge in [0.1, 0.15) is 11.5 Å². The molecule has 2 aromatic rings. The molecule has 27 heavy (non-hydrogen) atoms. The largest absolute Gasteiger partial charge is 0.493 e. The van der Waals surface area contributed by atoms with Gasteiger partial charge >= 0.3 is 12.6 Å². The molecule has 0 heterocycles. The van der Waals surface area contributed by atoms with Crippen LogP contribution in [0.2, 0.25) is 0 Å². The van der Waals surface area contributed by atoms with Crippen molar-refractivity contribution in [3.63, 3.8) is 0 Å². The molecule has 2 aromatic carbocycles.